The Morgan fingerprint density at radius 3 is 2.71 bits per heavy atom. The molecule has 1 unspecified atom stereocenters. The number of nitrogens with zero attached hydrogens (tertiary/aromatic N) is 1. The van der Waals surface area contributed by atoms with Gasteiger partial charge in [0, 0.05) is 18.0 Å². The predicted octanol–water partition coefficient (Wildman–Crippen LogP) is 3.53. The minimum atomic E-state index is -0.831. The fraction of sp³-hybridized carbons (Fsp3) is 0.154. The van der Waals surface area contributed by atoms with E-state index in [-0.39, 0.29) is 6.04 Å². The summed E-state index contributed by atoms with van der Waals surface area (Å²) >= 11 is 0. The molecule has 4 heteroatoms. The number of hydrogen-bond acceptors (Lipinski definition) is 2. The summed E-state index contributed by atoms with van der Waals surface area (Å²) in [5, 5.41) is 3.06. The van der Waals surface area contributed by atoms with Crippen molar-refractivity contribution in [2.45, 2.75) is 13.0 Å². The summed E-state index contributed by atoms with van der Waals surface area (Å²) in [6, 6.07) is 7.43. The smallest absolute Gasteiger partial charge is 0.164 e. The van der Waals surface area contributed by atoms with Gasteiger partial charge in [-0.15, -0.1) is 0 Å². The summed E-state index contributed by atoms with van der Waals surface area (Å²) in [7, 11) is 0. The lowest BCUT2D eigenvalue weighted by atomic mass is 10.1. The maximum absolute atomic E-state index is 13.5. The van der Waals surface area contributed by atoms with Crippen LogP contribution in [0.1, 0.15) is 18.5 Å². The summed E-state index contributed by atoms with van der Waals surface area (Å²) in [4.78, 5) is 3.94. The van der Waals surface area contributed by atoms with Gasteiger partial charge < -0.3 is 5.32 Å². The molecule has 0 saturated heterocycles. The van der Waals surface area contributed by atoms with Gasteiger partial charge in [-0.05, 0) is 25.1 Å². The first-order chi connectivity index (χ1) is 8.18. The summed E-state index contributed by atoms with van der Waals surface area (Å²) in [5.41, 5.74) is 1.07. The van der Waals surface area contributed by atoms with E-state index in [4.69, 9.17) is 0 Å². The fourth-order valence-corrected chi connectivity index (χ4v) is 1.63. The first-order valence-electron chi connectivity index (χ1n) is 5.29. The Hall–Kier alpha value is -1.97. The van der Waals surface area contributed by atoms with Gasteiger partial charge in [0.2, 0.25) is 0 Å². The third kappa shape index (κ3) is 2.58. The van der Waals surface area contributed by atoms with Crippen molar-refractivity contribution in [2.75, 3.05) is 5.32 Å². The Labute approximate surface area is 98.3 Å². The van der Waals surface area contributed by atoms with Crippen LogP contribution in [-0.2, 0) is 0 Å². The Morgan fingerprint density at radius 1 is 1.18 bits per heavy atom. The molecule has 0 aliphatic rings. The van der Waals surface area contributed by atoms with Gasteiger partial charge in [-0.1, -0.05) is 12.1 Å². The highest BCUT2D eigenvalue weighted by Gasteiger charge is 2.13. The van der Waals surface area contributed by atoms with Crippen LogP contribution < -0.4 is 5.32 Å². The number of benzene rings is 1. The monoisotopic (exact) mass is 234 g/mol. The number of anilines is 1. The van der Waals surface area contributed by atoms with Crippen LogP contribution in [0, 0.1) is 11.6 Å². The van der Waals surface area contributed by atoms with Crippen molar-refractivity contribution in [1.29, 1.82) is 0 Å². The molecule has 1 heterocycles. The lowest BCUT2D eigenvalue weighted by Gasteiger charge is -2.16. The molecule has 0 radical (unpaired) electrons. The third-order valence-corrected chi connectivity index (χ3v) is 2.49. The normalized spacial score (nSPS) is 12.2. The molecule has 0 aliphatic carbocycles. The molecule has 88 valence electrons. The van der Waals surface area contributed by atoms with E-state index in [1.54, 1.807) is 31.5 Å². The molecule has 0 amide bonds. The zero-order valence-corrected chi connectivity index (χ0v) is 9.32. The molecule has 1 aromatic heterocycles. The van der Waals surface area contributed by atoms with Crippen molar-refractivity contribution >= 4 is 5.69 Å². The van der Waals surface area contributed by atoms with E-state index in [1.807, 2.05) is 6.07 Å². The van der Waals surface area contributed by atoms with E-state index in [1.165, 1.54) is 6.07 Å². The summed E-state index contributed by atoms with van der Waals surface area (Å²) < 4.78 is 26.6. The van der Waals surface area contributed by atoms with E-state index in [0.29, 0.717) is 5.56 Å². The van der Waals surface area contributed by atoms with Crippen LogP contribution in [0.15, 0.2) is 42.7 Å². The molecule has 0 aliphatic heterocycles. The van der Waals surface area contributed by atoms with E-state index in [9.17, 15) is 8.78 Å². The molecular formula is C13H12F2N2. The van der Waals surface area contributed by atoms with Gasteiger partial charge in [0.15, 0.2) is 11.6 Å². The SMILES string of the molecule is CC(Nc1cccnc1)c1cccc(F)c1F. The van der Waals surface area contributed by atoms with Crippen LogP contribution >= 0.6 is 0 Å². The minimum Gasteiger partial charge on any atom is -0.377 e. The predicted molar refractivity (Wildman–Crippen MR) is 62.6 cm³/mol. The van der Waals surface area contributed by atoms with Gasteiger partial charge >= 0.3 is 0 Å². The topological polar surface area (TPSA) is 24.9 Å². The highest BCUT2D eigenvalue weighted by Crippen LogP contribution is 2.22. The van der Waals surface area contributed by atoms with E-state index < -0.39 is 11.6 Å². The molecule has 0 spiro atoms. The number of rotatable bonds is 3. The number of pyridine rings is 1. The molecule has 2 rings (SSSR count). The van der Waals surface area contributed by atoms with Crippen molar-refractivity contribution in [3.63, 3.8) is 0 Å². The van der Waals surface area contributed by atoms with E-state index in [2.05, 4.69) is 10.3 Å². The maximum Gasteiger partial charge on any atom is 0.164 e. The van der Waals surface area contributed by atoms with Crippen LogP contribution in [-0.4, -0.2) is 4.98 Å². The number of halogens is 2. The average Bonchev–Trinajstić information content (AvgIpc) is 2.34. The summed E-state index contributed by atoms with van der Waals surface area (Å²) in [5.74, 6) is -1.64. The number of nitrogens with one attached hydrogen (secondary N) is 1. The number of aromatic nitrogens is 1. The lowest BCUT2D eigenvalue weighted by molar-refractivity contribution is 0.494. The molecule has 2 nitrogen and oxygen atoms in total. The second-order valence-electron chi connectivity index (χ2n) is 3.75. The quantitative estimate of drug-likeness (QED) is 0.878. The molecule has 1 aromatic carbocycles. The zero-order valence-electron chi connectivity index (χ0n) is 9.32. The Kier molecular flexibility index (Phi) is 3.32. The van der Waals surface area contributed by atoms with Crippen LogP contribution in [0.25, 0.3) is 0 Å². The molecule has 17 heavy (non-hydrogen) atoms. The van der Waals surface area contributed by atoms with Crippen molar-refractivity contribution in [3.8, 4) is 0 Å². The van der Waals surface area contributed by atoms with Gasteiger partial charge in [-0.3, -0.25) is 4.98 Å². The van der Waals surface area contributed by atoms with Gasteiger partial charge in [0.05, 0.1) is 11.7 Å². The molecular weight excluding hydrogens is 222 g/mol. The van der Waals surface area contributed by atoms with Gasteiger partial charge in [0.1, 0.15) is 0 Å². The van der Waals surface area contributed by atoms with Crippen LogP contribution in [0.3, 0.4) is 0 Å². The van der Waals surface area contributed by atoms with Crippen LogP contribution in [0.4, 0.5) is 14.5 Å². The van der Waals surface area contributed by atoms with Crippen LogP contribution in [0.2, 0.25) is 0 Å². The van der Waals surface area contributed by atoms with Gasteiger partial charge in [-0.2, -0.15) is 0 Å². The van der Waals surface area contributed by atoms with Crippen molar-refractivity contribution in [2.24, 2.45) is 0 Å². The first kappa shape index (κ1) is 11.5. The molecule has 1 N–H and O–H groups in total. The Morgan fingerprint density at radius 2 is 2.00 bits per heavy atom. The van der Waals surface area contributed by atoms with Crippen molar-refractivity contribution in [1.82, 2.24) is 4.98 Å². The second kappa shape index (κ2) is 4.91. The average molecular weight is 234 g/mol. The Balaban J connectivity index is 2.20. The Bertz CT molecular complexity index is 500. The molecule has 0 fully saturated rings. The van der Waals surface area contributed by atoms with Crippen LogP contribution in [0.5, 0.6) is 0 Å². The number of hydrogen-bond donors (Lipinski definition) is 1. The standard InChI is InChI=1S/C13H12F2N2/c1-9(17-10-4-3-7-16-8-10)11-5-2-6-12(14)13(11)15/h2-9,17H,1H3. The fourth-order valence-electron chi connectivity index (χ4n) is 1.63. The molecule has 0 saturated carbocycles. The molecule has 0 bridgehead atoms. The lowest BCUT2D eigenvalue weighted by Crippen LogP contribution is -2.09. The third-order valence-electron chi connectivity index (χ3n) is 2.49. The maximum atomic E-state index is 13.5. The van der Waals surface area contributed by atoms with Gasteiger partial charge in [0.25, 0.3) is 0 Å². The second-order valence-corrected chi connectivity index (χ2v) is 3.75. The summed E-state index contributed by atoms with van der Waals surface area (Å²) in [6.45, 7) is 1.77. The van der Waals surface area contributed by atoms with Crippen molar-refractivity contribution < 1.29 is 8.78 Å². The zero-order chi connectivity index (χ0) is 12.3. The minimum absolute atomic E-state index is 0.300. The highest BCUT2D eigenvalue weighted by molar-refractivity contribution is 5.42. The highest BCUT2D eigenvalue weighted by atomic mass is 19.2. The van der Waals surface area contributed by atoms with Crippen molar-refractivity contribution in [3.05, 3.63) is 59.9 Å². The first-order valence-corrected chi connectivity index (χ1v) is 5.29. The summed E-state index contributed by atoms with van der Waals surface area (Å²) in [6.07, 6.45) is 3.28. The van der Waals surface area contributed by atoms with E-state index in [0.717, 1.165) is 11.8 Å². The molecule has 1 atom stereocenters. The van der Waals surface area contributed by atoms with E-state index >= 15 is 0 Å². The largest absolute Gasteiger partial charge is 0.377 e. The van der Waals surface area contributed by atoms with Gasteiger partial charge in [-0.25, -0.2) is 8.78 Å². The molecule has 2 aromatic rings.